The molecule has 41 heavy (non-hydrogen) atoms. The number of methoxy groups -OCH3 is 1. The van der Waals surface area contributed by atoms with E-state index in [0.29, 0.717) is 72.8 Å². The fourth-order valence-electron chi connectivity index (χ4n) is 10.3. The Balaban J connectivity index is 1.63. The van der Waals surface area contributed by atoms with Gasteiger partial charge in [0.15, 0.2) is 0 Å². The number of hydrogen-bond donors (Lipinski definition) is 3. The summed E-state index contributed by atoms with van der Waals surface area (Å²) in [6, 6.07) is 0. The van der Waals surface area contributed by atoms with Crippen LogP contribution in [0.1, 0.15) is 97.8 Å². The van der Waals surface area contributed by atoms with Crippen molar-refractivity contribution in [2.24, 2.45) is 63.5 Å². The molecule has 0 aromatic heterocycles. The third-order valence-corrected chi connectivity index (χ3v) is 12.5. The van der Waals surface area contributed by atoms with Crippen molar-refractivity contribution < 1.29 is 18.9 Å². The summed E-state index contributed by atoms with van der Waals surface area (Å²) in [5.41, 5.74) is 18.1. The van der Waals surface area contributed by atoms with Crippen LogP contribution in [0.15, 0.2) is 0 Å². The lowest BCUT2D eigenvalue weighted by atomic mass is 9.43. The van der Waals surface area contributed by atoms with E-state index >= 15 is 0 Å². The Labute approximate surface area is 251 Å². The molecule has 4 rings (SSSR count). The lowest BCUT2D eigenvalue weighted by Crippen LogP contribution is -2.63. The summed E-state index contributed by atoms with van der Waals surface area (Å²) in [6.07, 6.45) is 14.6. The smallest absolute Gasteiger partial charge is 0.0637 e. The molecule has 6 N–H and O–H groups in total. The zero-order chi connectivity index (χ0) is 29.5. The van der Waals surface area contributed by atoms with Gasteiger partial charge < -0.3 is 36.1 Å². The van der Waals surface area contributed by atoms with E-state index in [-0.39, 0.29) is 11.5 Å². The third-order valence-electron chi connectivity index (χ3n) is 12.5. The van der Waals surface area contributed by atoms with Gasteiger partial charge in [0.05, 0.1) is 18.3 Å². The molecule has 0 bridgehead atoms. The van der Waals surface area contributed by atoms with Crippen LogP contribution in [0.25, 0.3) is 0 Å². The third kappa shape index (κ3) is 7.18. The Kier molecular flexibility index (Phi) is 12.8. The van der Waals surface area contributed by atoms with Gasteiger partial charge >= 0.3 is 0 Å². The van der Waals surface area contributed by atoms with Gasteiger partial charge in [-0.25, -0.2) is 0 Å². The van der Waals surface area contributed by atoms with Crippen molar-refractivity contribution in [1.82, 2.24) is 0 Å². The van der Waals surface area contributed by atoms with Gasteiger partial charge in [-0.1, -0.05) is 20.8 Å². The number of fused-ring (bicyclic) bond motifs is 5. The first-order valence-corrected chi connectivity index (χ1v) is 17.3. The lowest BCUT2D eigenvalue weighted by Gasteiger charge is -2.65. The van der Waals surface area contributed by atoms with E-state index in [1.807, 2.05) is 7.11 Å². The minimum Gasteiger partial charge on any atom is -0.385 e. The van der Waals surface area contributed by atoms with E-state index in [4.69, 9.17) is 36.1 Å². The van der Waals surface area contributed by atoms with Crippen molar-refractivity contribution in [3.63, 3.8) is 0 Å². The van der Waals surface area contributed by atoms with Crippen LogP contribution in [0.4, 0.5) is 0 Å². The SMILES string of the molecule is COCCC[C@@H](C)[C@H]1CC[C@H]2C3[C@H](OCCCN)CC4C[C@H](OCCCN)CC[C@]4(C)[C@H]3C[C@H](OCCCN)[C@]12C. The topological polar surface area (TPSA) is 115 Å². The quantitative estimate of drug-likeness (QED) is 0.205. The maximum atomic E-state index is 6.94. The molecule has 240 valence electrons. The van der Waals surface area contributed by atoms with Crippen molar-refractivity contribution in [1.29, 1.82) is 0 Å². The highest BCUT2D eigenvalue weighted by atomic mass is 16.5. The van der Waals surface area contributed by atoms with Gasteiger partial charge in [-0.2, -0.15) is 0 Å². The summed E-state index contributed by atoms with van der Waals surface area (Å²) < 4.78 is 25.6. The maximum Gasteiger partial charge on any atom is 0.0637 e. The van der Waals surface area contributed by atoms with E-state index in [1.54, 1.807) is 0 Å². The Morgan fingerprint density at radius 2 is 1.44 bits per heavy atom. The van der Waals surface area contributed by atoms with E-state index in [9.17, 15) is 0 Å². The molecule has 0 saturated heterocycles. The number of rotatable bonds is 17. The maximum absolute atomic E-state index is 6.94. The predicted molar refractivity (Wildman–Crippen MR) is 166 cm³/mol. The largest absolute Gasteiger partial charge is 0.385 e. The molecule has 0 aliphatic heterocycles. The zero-order valence-electron chi connectivity index (χ0n) is 27.0. The molecule has 4 aliphatic carbocycles. The average Bonchev–Trinajstić information content (AvgIpc) is 3.32. The van der Waals surface area contributed by atoms with Gasteiger partial charge in [0, 0.05) is 39.0 Å². The molecular formula is C34H65N3O4. The average molecular weight is 580 g/mol. The summed E-state index contributed by atoms with van der Waals surface area (Å²) >= 11 is 0. The summed E-state index contributed by atoms with van der Waals surface area (Å²) in [5, 5.41) is 0. The summed E-state index contributed by atoms with van der Waals surface area (Å²) in [5.74, 6) is 3.83. The summed E-state index contributed by atoms with van der Waals surface area (Å²) in [7, 11) is 1.82. The number of hydrogen-bond acceptors (Lipinski definition) is 7. The Morgan fingerprint density at radius 1 is 0.756 bits per heavy atom. The molecule has 7 nitrogen and oxygen atoms in total. The highest BCUT2D eigenvalue weighted by Crippen LogP contribution is 2.69. The van der Waals surface area contributed by atoms with E-state index in [1.165, 1.54) is 38.5 Å². The fourth-order valence-corrected chi connectivity index (χ4v) is 10.3. The summed E-state index contributed by atoms with van der Waals surface area (Å²) in [4.78, 5) is 0. The van der Waals surface area contributed by atoms with Crippen molar-refractivity contribution in [2.45, 2.75) is 116 Å². The number of ether oxygens (including phenoxy) is 4. The van der Waals surface area contributed by atoms with Crippen molar-refractivity contribution in [2.75, 3.05) is 53.2 Å². The molecule has 0 aromatic carbocycles. The van der Waals surface area contributed by atoms with E-state index < -0.39 is 0 Å². The van der Waals surface area contributed by atoms with Crippen molar-refractivity contribution in [3.05, 3.63) is 0 Å². The van der Waals surface area contributed by atoms with Crippen LogP contribution < -0.4 is 17.2 Å². The molecule has 0 aromatic rings. The molecular weight excluding hydrogens is 514 g/mol. The van der Waals surface area contributed by atoms with Gasteiger partial charge in [0.2, 0.25) is 0 Å². The Hall–Kier alpha value is -0.280. The van der Waals surface area contributed by atoms with Crippen LogP contribution in [0.2, 0.25) is 0 Å². The Morgan fingerprint density at radius 3 is 2.12 bits per heavy atom. The van der Waals surface area contributed by atoms with Crippen LogP contribution in [-0.2, 0) is 18.9 Å². The van der Waals surface area contributed by atoms with Crippen LogP contribution in [0, 0.1) is 46.3 Å². The Bertz CT molecular complexity index is 772. The molecule has 4 fully saturated rings. The molecule has 0 radical (unpaired) electrons. The van der Waals surface area contributed by atoms with Crippen molar-refractivity contribution in [3.8, 4) is 0 Å². The minimum absolute atomic E-state index is 0.170. The van der Waals surface area contributed by atoms with Crippen LogP contribution in [-0.4, -0.2) is 71.5 Å². The molecule has 2 unspecified atom stereocenters. The predicted octanol–water partition coefficient (Wildman–Crippen LogP) is 5.13. The van der Waals surface area contributed by atoms with Gasteiger partial charge in [-0.15, -0.1) is 0 Å². The first-order chi connectivity index (χ1) is 19.8. The van der Waals surface area contributed by atoms with E-state index in [0.717, 1.165) is 65.0 Å². The second kappa shape index (κ2) is 15.6. The van der Waals surface area contributed by atoms with Crippen LogP contribution in [0.5, 0.6) is 0 Å². The van der Waals surface area contributed by atoms with Crippen LogP contribution in [0.3, 0.4) is 0 Å². The molecule has 4 saturated carbocycles. The lowest BCUT2D eigenvalue weighted by molar-refractivity contribution is -0.227. The monoisotopic (exact) mass is 579 g/mol. The molecule has 11 atom stereocenters. The molecule has 7 heteroatoms. The first-order valence-electron chi connectivity index (χ1n) is 17.3. The molecule has 0 amide bonds. The van der Waals surface area contributed by atoms with Gasteiger partial charge in [0.25, 0.3) is 0 Å². The second-order valence-electron chi connectivity index (χ2n) is 14.6. The minimum atomic E-state index is 0.170. The molecule has 0 heterocycles. The number of nitrogens with two attached hydrogens (primary N) is 3. The van der Waals surface area contributed by atoms with Gasteiger partial charge in [0.1, 0.15) is 0 Å². The fraction of sp³-hybridized carbons (Fsp3) is 1.00. The summed E-state index contributed by atoms with van der Waals surface area (Å²) in [6.45, 7) is 13.0. The van der Waals surface area contributed by atoms with Crippen molar-refractivity contribution >= 4 is 0 Å². The standard InChI is InChI=1S/C34H65N3O4/c1-24(9-5-17-38-4)27-10-11-28-32-29(23-31(34(27,28)3)41-20-8-16-37)33(2)13-12-26(39-18-6-14-35)21-25(33)22-30(32)40-19-7-15-36/h24-32H,5-23,35-37H2,1-4H3/t24-,25?,26-,27-,28+,29+,30-,31+,32?,33+,34-/m1/s1. The second-order valence-corrected chi connectivity index (χ2v) is 14.6. The van der Waals surface area contributed by atoms with E-state index in [2.05, 4.69) is 20.8 Å². The van der Waals surface area contributed by atoms with Gasteiger partial charge in [-0.05, 0) is 138 Å². The normalized spacial score (nSPS) is 41.0. The zero-order valence-corrected chi connectivity index (χ0v) is 27.0. The highest BCUT2D eigenvalue weighted by molar-refractivity contribution is 5.15. The molecule has 0 spiro atoms. The highest BCUT2D eigenvalue weighted by Gasteiger charge is 2.66. The molecule has 4 aliphatic rings. The first kappa shape index (κ1) is 33.6. The van der Waals surface area contributed by atoms with Gasteiger partial charge in [-0.3, -0.25) is 0 Å². The van der Waals surface area contributed by atoms with Crippen LogP contribution >= 0.6 is 0 Å².